The molecule has 2 heteroatoms. The molecule has 0 heterocycles. The van der Waals surface area contributed by atoms with Crippen molar-refractivity contribution in [2.24, 2.45) is 0 Å². The highest BCUT2D eigenvalue weighted by Crippen LogP contribution is 2.34. The van der Waals surface area contributed by atoms with Crippen LogP contribution in [0.2, 0.25) is 0 Å². The molecule has 0 saturated carbocycles. The zero-order chi connectivity index (χ0) is 12.3. The van der Waals surface area contributed by atoms with Crippen LogP contribution >= 0.6 is 0 Å². The lowest BCUT2D eigenvalue weighted by Crippen LogP contribution is -2.35. The number of fused-ring (bicyclic) bond motifs is 1. The molecule has 2 rings (SSSR count). The number of benzene rings is 1. The van der Waals surface area contributed by atoms with E-state index in [1.165, 1.54) is 11.1 Å². The fourth-order valence-electron chi connectivity index (χ4n) is 2.67. The molecule has 1 aromatic rings. The maximum absolute atomic E-state index is 10.6. The Bertz CT molecular complexity index is 387. The Balaban J connectivity index is 2.16. The van der Waals surface area contributed by atoms with Gasteiger partial charge in [-0.15, -0.1) is 0 Å². The van der Waals surface area contributed by atoms with E-state index < -0.39 is 5.60 Å². The lowest BCUT2D eigenvalue weighted by Gasteiger charge is -2.33. The summed E-state index contributed by atoms with van der Waals surface area (Å²) in [5.41, 5.74) is 2.14. The summed E-state index contributed by atoms with van der Waals surface area (Å²) >= 11 is 0. The van der Waals surface area contributed by atoms with Crippen molar-refractivity contribution in [2.75, 3.05) is 7.11 Å². The van der Waals surface area contributed by atoms with Crippen LogP contribution in [-0.4, -0.2) is 17.8 Å². The molecule has 0 fully saturated rings. The first kappa shape index (κ1) is 12.4. The van der Waals surface area contributed by atoms with Crippen molar-refractivity contribution in [2.45, 2.75) is 51.0 Å². The minimum Gasteiger partial charge on any atom is -0.497 e. The summed E-state index contributed by atoms with van der Waals surface area (Å²) in [7, 11) is 1.69. The largest absolute Gasteiger partial charge is 0.497 e. The van der Waals surface area contributed by atoms with Crippen molar-refractivity contribution in [3.05, 3.63) is 29.3 Å². The van der Waals surface area contributed by atoms with Gasteiger partial charge in [0.25, 0.3) is 0 Å². The van der Waals surface area contributed by atoms with Gasteiger partial charge in [0, 0.05) is 6.42 Å². The lowest BCUT2D eigenvalue weighted by molar-refractivity contribution is 0.0158. The van der Waals surface area contributed by atoms with E-state index in [0.717, 1.165) is 44.3 Å². The van der Waals surface area contributed by atoms with Gasteiger partial charge in [0.15, 0.2) is 0 Å². The molecule has 1 aliphatic carbocycles. The zero-order valence-corrected chi connectivity index (χ0v) is 10.8. The van der Waals surface area contributed by atoms with Gasteiger partial charge in [-0.25, -0.2) is 0 Å². The summed E-state index contributed by atoms with van der Waals surface area (Å²) in [5, 5.41) is 10.6. The van der Waals surface area contributed by atoms with Gasteiger partial charge in [-0.05, 0) is 42.5 Å². The molecule has 1 N–H and O–H groups in total. The van der Waals surface area contributed by atoms with Crippen molar-refractivity contribution in [3.8, 4) is 5.75 Å². The van der Waals surface area contributed by atoms with Crippen LogP contribution < -0.4 is 4.74 Å². The third-order valence-electron chi connectivity index (χ3n) is 3.79. The molecule has 1 aliphatic rings. The molecule has 2 nitrogen and oxygen atoms in total. The van der Waals surface area contributed by atoms with Crippen LogP contribution in [-0.2, 0) is 12.8 Å². The highest BCUT2D eigenvalue weighted by atomic mass is 16.5. The van der Waals surface area contributed by atoms with E-state index >= 15 is 0 Å². The second kappa shape index (κ2) is 5.09. The molecule has 0 amide bonds. The molecule has 1 aromatic carbocycles. The predicted octanol–water partition coefficient (Wildman–Crippen LogP) is 3.11. The summed E-state index contributed by atoms with van der Waals surface area (Å²) in [6.07, 6.45) is 5.83. The van der Waals surface area contributed by atoms with Crippen LogP contribution in [0.25, 0.3) is 0 Å². The average molecular weight is 234 g/mol. The van der Waals surface area contributed by atoms with E-state index in [9.17, 15) is 5.11 Å². The van der Waals surface area contributed by atoms with Crippen LogP contribution in [0, 0.1) is 0 Å². The monoisotopic (exact) mass is 234 g/mol. The second-order valence-corrected chi connectivity index (χ2v) is 5.14. The van der Waals surface area contributed by atoms with Gasteiger partial charge in [0.05, 0.1) is 12.7 Å². The number of ether oxygens (including phenoxy) is 1. The molecule has 0 aromatic heterocycles. The van der Waals surface area contributed by atoms with Gasteiger partial charge in [-0.2, -0.15) is 0 Å². The number of hydrogen-bond acceptors (Lipinski definition) is 2. The Hall–Kier alpha value is -1.02. The molecular formula is C15H22O2. The first-order chi connectivity index (χ1) is 8.17. The summed E-state index contributed by atoms with van der Waals surface area (Å²) in [4.78, 5) is 0. The second-order valence-electron chi connectivity index (χ2n) is 5.14. The van der Waals surface area contributed by atoms with E-state index in [2.05, 4.69) is 19.1 Å². The summed E-state index contributed by atoms with van der Waals surface area (Å²) < 4.78 is 5.25. The van der Waals surface area contributed by atoms with E-state index in [-0.39, 0.29) is 0 Å². The molecule has 0 radical (unpaired) electrons. The molecule has 0 bridgehead atoms. The first-order valence-electron chi connectivity index (χ1n) is 6.55. The SMILES string of the molecule is CCCCC1(O)CCc2ccc(OC)cc2C1. The van der Waals surface area contributed by atoms with E-state index in [0.29, 0.717) is 0 Å². The molecule has 1 unspecified atom stereocenters. The minimum atomic E-state index is -0.491. The van der Waals surface area contributed by atoms with Gasteiger partial charge in [-0.1, -0.05) is 25.8 Å². The van der Waals surface area contributed by atoms with E-state index in [1.807, 2.05) is 6.07 Å². The maximum atomic E-state index is 10.6. The molecule has 0 saturated heterocycles. The Morgan fingerprint density at radius 1 is 1.35 bits per heavy atom. The van der Waals surface area contributed by atoms with Gasteiger partial charge in [0.1, 0.15) is 5.75 Å². The summed E-state index contributed by atoms with van der Waals surface area (Å²) in [5.74, 6) is 0.892. The number of aliphatic hydroxyl groups is 1. The lowest BCUT2D eigenvalue weighted by atomic mass is 9.78. The Kier molecular flexibility index (Phi) is 3.72. The molecule has 1 atom stereocenters. The highest BCUT2D eigenvalue weighted by Gasteiger charge is 2.31. The third kappa shape index (κ3) is 2.81. The van der Waals surface area contributed by atoms with Crippen LogP contribution in [0.15, 0.2) is 18.2 Å². The predicted molar refractivity (Wildman–Crippen MR) is 69.5 cm³/mol. The smallest absolute Gasteiger partial charge is 0.119 e. The average Bonchev–Trinajstić information content (AvgIpc) is 2.35. The van der Waals surface area contributed by atoms with Crippen molar-refractivity contribution in [1.82, 2.24) is 0 Å². The Morgan fingerprint density at radius 3 is 2.88 bits per heavy atom. The number of aryl methyl sites for hydroxylation is 1. The van der Waals surface area contributed by atoms with Crippen molar-refractivity contribution in [3.63, 3.8) is 0 Å². The van der Waals surface area contributed by atoms with Crippen LogP contribution in [0.3, 0.4) is 0 Å². The van der Waals surface area contributed by atoms with Gasteiger partial charge < -0.3 is 9.84 Å². The number of hydrogen-bond donors (Lipinski definition) is 1. The van der Waals surface area contributed by atoms with Crippen LogP contribution in [0.4, 0.5) is 0 Å². The molecule has 0 spiro atoms. The van der Waals surface area contributed by atoms with Crippen LogP contribution in [0.5, 0.6) is 5.75 Å². The number of unbranched alkanes of at least 4 members (excludes halogenated alkanes) is 1. The standard InChI is InChI=1S/C15H22O2/c1-3-4-8-15(16)9-7-12-5-6-14(17-2)10-13(12)11-15/h5-6,10,16H,3-4,7-9,11H2,1-2H3. The van der Waals surface area contributed by atoms with Crippen molar-refractivity contribution >= 4 is 0 Å². The normalized spacial score (nSPS) is 23.2. The molecule has 17 heavy (non-hydrogen) atoms. The molecular weight excluding hydrogens is 212 g/mol. The number of rotatable bonds is 4. The van der Waals surface area contributed by atoms with Crippen molar-refractivity contribution < 1.29 is 9.84 Å². The van der Waals surface area contributed by atoms with Crippen LogP contribution in [0.1, 0.15) is 43.7 Å². The summed E-state index contributed by atoms with van der Waals surface area (Å²) in [6, 6.07) is 6.22. The topological polar surface area (TPSA) is 29.5 Å². The number of methoxy groups -OCH3 is 1. The fourth-order valence-corrected chi connectivity index (χ4v) is 2.67. The Morgan fingerprint density at radius 2 is 2.18 bits per heavy atom. The first-order valence-corrected chi connectivity index (χ1v) is 6.55. The quantitative estimate of drug-likeness (QED) is 0.867. The summed E-state index contributed by atoms with van der Waals surface area (Å²) in [6.45, 7) is 2.17. The van der Waals surface area contributed by atoms with Gasteiger partial charge in [-0.3, -0.25) is 0 Å². The highest BCUT2D eigenvalue weighted by molar-refractivity contribution is 5.38. The third-order valence-corrected chi connectivity index (χ3v) is 3.79. The van der Waals surface area contributed by atoms with E-state index in [4.69, 9.17) is 4.74 Å². The molecule has 0 aliphatic heterocycles. The van der Waals surface area contributed by atoms with Gasteiger partial charge >= 0.3 is 0 Å². The Labute approximate surface area is 104 Å². The maximum Gasteiger partial charge on any atom is 0.119 e. The fraction of sp³-hybridized carbons (Fsp3) is 0.600. The zero-order valence-electron chi connectivity index (χ0n) is 10.8. The minimum absolute atomic E-state index is 0.491. The molecule has 94 valence electrons. The van der Waals surface area contributed by atoms with E-state index in [1.54, 1.807) is 7.11 Å². The van der Waals surface area contributed by atoms with Crippen molar-refractivity contribution in [1.29, 1.82) is 0 Å². The van der Waals surface area contributed by atoms with Gasteiger partial charge in [0.2, 0.25) is 0 Å².